The van der Waals surface area contributed by atoms with Crippen molar-refractivity contribution in [2.45, 2.75) is 19.6 Å². The number of benzene rings is 2. The minimum Gasteiger partial charge on any atom is -0.491 e. The van der Waals surface area contributed by atoms with Crippen molar-refractivity contribution in [2.24, 2.45) is 0 Å². The molecule has 0 radical (unpaired) electrons. The maximum atomic E-state index is 13.9. The molecule has 0 amide bonds. The van der Waals surface area contributed by atoms with Gasteiger partial charge in [0, 0.05) is 25.7 Å². The standard InChI is InChI=1S/C22H24FNO5/c1-15(25)19-8-7-17(11-21(19)23)29-14-18-13-24(9-10-28-18)12-16-5-3-4-6-20(16)22(26)27-2/h3-8,11,18H,9-10,12-14H2,1-2H3. The van der Waals surface area contributed by atoms with Crippen molar-refractivity contribution >= 4 is 11.8 Å². The van der Waals surface area contributed by atoms with Crippen molar-refractivity contribution in [1.29, 1.82) is 0 Å². The van der Waals surface area contributed by atoms with E-state index in [9.17, 15) is 14.0 Å². The zero-order chi connectivity index (χ0) is 20.8. The summed E-state index contributed by atoms with van der Waals surface area (Å²) in [6.45, 7) is 4.05. The quantitative estimate of drug-likeness (QED) is 0.525. The van der Waals surface area contributed by atoms with Gasteiger partial charge in [0.15, 0.2) is 5.78 Å². The number of morpholine rings is 1. The molecule has 1 unspecified atom stereocenters. The molecule has 2 aromatic carbocycles. The summed E-state index contributed by atoms with van der Waals surface area (Å²) in [5.74, 6) is -0.929. The maximum Gasteiger partial charge on any atom is 0.338 e. The fourth-order valence-electron chi connectivity index (χ4n) is 3.29. The van der Waals surface area contributed by atoms with Crippen molar-refractivity contribution < 1.29 is 28.2 Å². The van der Waals surface area contributed by atoms with E-state index in [-0.39, 0.29) is 30.0 Å². The number of halogens is 1. The predicted molar refractivity (Wildman–Crippen MR) is 105 cm³/mol. The van der Waals surface area contributed by atoms with E-state index in [1.165, 1.54) is 26.2 Å². The van der Waals surface area contributed by atoms with Gasteiger partial charge in [-0.1, -0.05) is 18.2 Å². The topological polar surface area (TPSA) is 65.1 Å². The fourth-order valence-corrected chi connectivity index (χ4v) is 3.29. The Labute approximate surface area is 169 Å². The molecule has 0 N–H and O–H groups in total. The molecule has 1 aliphatic rings. The highest BCUT2D eigenvalue weighted by Crippen LogP contribution is 2.19. The van der Waals surface area contributed by atoms with Gasteiger partial charge in [-0.3, -0.25) is 9.69 Å². The van der Waals surface area contributed by atoms with Gasteiger partial charge in [-0.05, 0) is 30.7 Å². The van der Waals surface area contributed by atoms with Gasteiger partial charge in [-0.15, -0.1) is 0 Å². The van der Waals surface area contributed by atoms with Crippen molar-refractivity contribution in [1.82, 2.24) is 4.90 Å². The molecule has 7 heteroatoms. The summed E-state index contributed by atoms with van der Waals surface area (Å²) in [5.41, 5.74) is 1.49. The first-order valence-corrected chi connectivity index (χ1v) is 9.41. The van der Waals surface area contributed by atoms with Crippen molar-refractivity contribution in [3.8, 4) is 5.75 Å². The van der Waals surface area contributed by atoms with Gasteiger partial charge < -0.3 is 14.2 Å². The Morgan fingerprint density at radius 3 is 2.72 bits per heavy atom. The summed E-state index contributed by atoms with van der Waals surface area (Å²) in [6.07, 6.45) is -0.190. The number of rotatable bonds is 7. The third-order valence-corrected chi connectivity index (χ3v) is 4.80. The van der Waals surface area contributed by atoms with Gasteiger partial charge >= 0.3 is 5.97 Å². The molecule has 6 nitrogen and oxygen atoms in total. The van der Waals surface area contributed by atoms with E-state index in [0.29, 0.717) is 31.0 Å². The van der Waals surface area contributed by atoms with Crippen LogP contribution in [0.25, 0.3) is 0 Å². The summed E-state index contributed by atoms with van der Waals surface area (Å²) in [7, 11) is 1.37. The summed E-state index contributed by atoms with van der Waals surface area (Å²) < 4.78 is 30.2. The lowest BCUT2D eigenvalue weighted by Crippen LogP contribution is -2.44. The number of carbonyl (C=O) groups is 2. The molecule has 1 saturated heterocycles. The van der Waals surface area contributed by atoms with Gasteiger partial charge in [-0.25, -0.2) is 9.18 Å². The summed E-state index contributed by atoms with van der Waals surface area (Å²) in [5, 5.41) is 0. The largest absolute Gasteiger partial charge is 0.491 e. The number of hydrogen-bond donors (Lipinski definition) is 0. The molecule has 0 aliphatic carbocycles. The normalized spacial score (nSPS) is 17.0. The Balaban J connectivity index is 1.58. The van der Waals surface area contributed by atoms with Gasteiger partial charge in [0.05, 0.1) is 24.8 Å². The molecule has 1 heterocycles. The zero-order valence-electron chi connectivity index (χ0n) is 16.5. The van der Waals surface area contributed by atoms with Crippen LogP contribution in [0.3, 0.4) is 0 Å². The number of Topliss-reactive ketones (excluding diaryl/α,β-unsaturated/α-hetero) is 1. The third-order valence-electron chi connectivity index (χ3n) is 4.80. The zero-order valence-corrected chi connectivity index (χ0v) is 16.5. The monoisotopic (exact) mass is 401 g/mol. The minimum absolute atomic E-state index is 0.0433. The number of methoxy groups -OCH3 is 1. The van der Waals surface area contributed by atoms with E-state index in [0.717, 1.165) is 12.1 Å². The molecule has 0 aromatic heterocycles. The molecule has 2 aromatic rings. The number of ketones is 1. The number of carbonyl (C=O) groups excluding carboxylic acids is 2. The summed E-state index contributed by atoms with van der Waals surface area (Å²) in [6, 6.07) is 11.6. The van der Waals surface area contributed by atoms with Crippen LogP contribution in [-0.2, 0) is 16.0 Å². The minimum atomic E-state index is -0.597. The lowest BCUT2D eigenvalue weighted by molar-refractivity contribution is -0.0505. The number of hydrogen-bond acceptors (Lipinski definition) is 6. The van der Waals surface area contributed by atoms with Gasteiger partial charge in [0.2, 0.25) is 0 Å². The average molecular weight is 401 g/mol. The van der Waals surface area contributed by atoms with E-state index in [1.807, 2.05) is 18.2 Å². The number of esters is 1. The third kappa shape index (κ3) is 5.40. The van der Waals surface area contributed by atoms with Crippen LogP contribution < -0.4 is 4.74 Å². The first kappa shape index (κ1) is 21.0. The molecular weight excluding hydrogens is 377 g/mol. The Morgan fingerprint density at radius 2 is 2.00 bits per heavy atom. The van der Waals surface area contributed by atoms with Gasteiger partial charge in [-0.2, -0.15) is 0 Å². The molecule has 154 valence electrons. The molecule has 1 atom stereocenters. The first-order valence-electron chi connectivity index (χ1n) is 9.41. The Bertz CT molecular complexity index is 885. The van der Waals surface area contributed by atoms with Crippen LogP contribution in [0, 0.1) is 5.82 Å². The van der Waals surface area contributed by atoms with Crippen LogP contribution in [0.2, 0.25) is 0 Å². The summed E-state index contributed by atoms with van der Waals surface area (Å²) >= 11 is 0. The van der Waals surface area contributed by atoms with E-state index in [2.05, 4.69) is 4.90 Å². The maximum absolute atomic E-state index is 13.9. The molecular formula is C22H24FNO5. The van der Waals surface area contributed by atoms with Crippen LogP contribution in [-0.4, -0.2) is 56.2 Å². The molecule has 0 bridgehead atoms. The molecule has 0 spiro atoms. The molecule has 29 heavy (non-hydrogen) atoms. The van der Waals surface area contributed by atoms with Crippen LogP contribution in [0.1, 0.15) is 33.2 Å². The SMILES string of the molecule is COC(=O)c1ccccc1CN1CCOC(COc2ccc(C(C)=O)c(F)c2)C1. The van der Waals surface area contributed by atoms with Crippen molar-refractivity contribution in [3.63, 3.8) is 0 Å². The predicted octanol–water partition coefficient (Wildman–Crippen LogP) is 3.09. The Hall–Kier alpha value is -2.77. The summed E-state index contributed by atoms with van der Waals surface area (Å²) in [4.78, 5) is 25.5. The van der Waals surface area contributed by atoms with E-state index >= 15 is 0 Å². The van der Waals surface area contributed by atoms with Gasteiger partial charge in [0.1, 0.15) is 24.3 Å². The molecule has 3 rings (SSSR count). The second kappa shape index (κ2) is 9.62. The second-order valence-corrected chi connectivity index (χ2v) is 6.89. The Morgan fingerprint density at radius 1 is 1.21 bits per heavy atom. The average Bonchev–Trinajstić information content (AvgIpc) is 2.72. The lowest BCUT2D eigenvalue weighted by atomic mass is 10.1. The van der Waals surface area contributed by atoms with Gasteiger partial charge in [0.25, 0.3) is 0 Å². The van der Waals surface area contributed by atoms with E-state index in [4.69, 9.17) is 14.2 Å². The highest BCUT2D eigenvalue weighted by atomic mass is 19.1. The highest BCUT2D eigenvalue weighted by Gasteiger charge is 2.23. The van der Waals surface area contributed by atoms with E-state index in [1.54, 1.807) is 12.1 Å². The lowest BCUT2D eigenvalue weighted by Gasteiger charge is -2.33. The highest BCUT2D eigenvalue weighted by molar-refractivity contribution is 5.94. The van der Waals surface area contributed by atoms with E-state index < -0.39 is 5.82 Å². The molecule has 1 aliphatic heterocycles. The second-order valence-electron chi connectivity index (χ2n) is 6.89. The molecule has 1 fully saturated rings. The first-order chi connectivity index (χ1) is 14.0. The van der Waals surface area contributed by atoms with Crippen LogP contribution in [0.15, 0.2) is 42.5 Å². The van der Waals surface area contributed by atoms with Crippen LogP contribution >= 0.6 is 0 Å². The Kier molecular flexibility index (Phi) is 6.95. The smallest absolute Gasteiger partial charge is 0.338 e. The van der Waals surface area contributed by atoms with Crippen LogP contribution in [0.5, 0.6) is 5.75 Å². The van der Waals surface area contributed by atoms with Crippen molar-refractivity contribution in [3.05, 3.63) is 65.0 Å². The number of nitrogens with zero attached hydrogens (tertiary/aromatic N) is 1. The fraction of sp³-hybridized carbons (Fsp3) is 0.364. The van der Waals surface area contributed by atoms with Crippen LogP contribution in [0.4, 0.5) is 4.39 Å². The number of ether oxygens (including phenoxy) is 3. The van der Waals surface area contributed by atoms with Crippen molar-refractivity contribution in [2.75, 3.05) is 33.4 Å². The molecule has 0 saturated carbocycles.